The van der Waals surface area contributed by atoms with Crippen molar-refractivity contribution in [3.05, 3.63) is 0 Å². The van der Waals surface area contributed by atoms with E-state index in [2.05, 4.69) is 10.6 Å². The lowest BCUT2D eigenvalue weighted by Gasteiger charge is -2.07. The molecule has 0 saturated heterocycles. The summed E-state index contributed by atoms with van der Waals surface area (Å²) in [6.45, 7) is 4.58. The lowest BCUT2D eigenvalue weighted by molar-refractivity contribution is -0.120. The second kappa shape index (κ2) is 15.4. The molecule has 0 aromatic rings. The van der Waals surface area contributed by atoms with Crippen molar-refractivity contribution in [3.63, 3.8) is 0 Å². The Hall–Kier alpha value is -0.690. The number of carbonyl (C=O) groups excluding carboxylic acids is 1. The Balaban J connectivity index is 3.10. The summed E-state index contributed by atoms with van der Waals surface area (Å²) in [5, 5.41) is 5.93. The van der Waals surface area contributed by atoms with E-state index in [1.807, 2.05) is 0 Å². The first-order chi connectivity index (χ1) is 9.31. The van der Waals surface area contributed by atoms with E-state index in [9.17, 15) is 4.79 Å². The number of carbonyl (C=O) groups is 1. The van der Waals surface area contributed by atoms with Gasteiger partial charge in [0.15, 0.2) is 0 Å². The summed E-state index contributed by atoms with van der Waals surface area (Å²) < 4.78 is 15.1. The fourth-order valence-corrected chi connectivity index (χ4v) is 1.41. The number of methoxy groups -OCH3 is 2. The van der Waals surface area contributed by atoms with Crippen LogP contribution in [0.2, 0.25) is 0 Å². The molecule has 0 atom stereocenters. The average Bonchev–Trinajstić information content (AvgIpc) is 2.42. The highest BCUT2D eigenvalue weighted by Gasteiger charge is 1.99. The van der Waals surface area contributed by atoms with E-state index in [0.29, 0.717) is 32.9 Å². The van der Waals surface area contributed by atoms with E-state index in [4.69, 9.17) is 14.2 Å². The Morgan fingerprint density at radius 2 is 1.68 bits per heavy atom. The molecule has 2 N–H and O–H groups in total. The maximum Gasteiger partial charge on any atom is 0.233 e. The van der Waals surface area contributed by atoms with Gasteiger partial charge in [0, 0.05) is 34.0 Å². The van der Waals surface area contributed by atoms with Gasteiger partial charge in [-0.3, -0.25) is 4.79 Å². The highest BCUT2D eigenvalue weighted by molar-refractivity contribution is 5.77. The quantitative estimate of drug-likeness (QED) is 0.443. The number of nitrogens with one attached hydrogen (secondary N) is 2. The predicted octanol–water partition coefficient (Wildman–Crippen LogP) is 0.172. The van der Waals surface area contributed by atoms with Crippen molar-refractivity contribution >= 4 is 5.91 Å². The van der Waals surface area contributed by atoms with Crippen LogP contribution in [0.5, 0.6) is 0 Å². The number of rotatable bonds is 14. The van der Waals surface area contributed by atoms with Gasteiger partial charge in [-0.15, -0.1) is 0 Å². The molecular weight excluding hydrogens is 248 g/mol. The molecule has 1 amide bonds. The maximum absolute atomic E-state index is 11.4. The first-order valence-electron chi connectivity index (χ1n) is 6.84. The SMILES string of the molecule is COCCCNC(=O)CNCCCCOCCOC. The minimum atomic E-state index is 0.0347. The second-order valence-corrected chi connectivity index (χ2v) is 4.19. The van der Waals surface area contributed by atoms with Crippen molar-refractivity contribution in [1.29, 1.82) is 0 Å². The van der Waals surface area contributed by atoms with Gasteiger partial charge in [0.25, 0.3) is 0 Å². The van der Waals surface area contributed by atoms with Crippen LogP contribution in [0.25, 0.3) is 0 Å². The van der Waals surface area contributed by atoms with Crippen LogP contribution in [-0.2, 0) is 19.0 Å². The molecule has 0 rings (SSSR count). The van der Waals surface area contributed by atoms with Gasteiger partial charge in [-0.05, 0) is 25.8 Å². The fraction of sp³-hybridized carbons (Fsp3) is 0.923. The summed E-state index contributed by atoms with van der Waals surface area (Å²) in [5.74, 6) is 0.0347. The van der Waals surface area contributed by atoms with Crippen LogP contribution in [0.3, 0.4) is 0 Å². The molecule has 0 radical (unpaired) electrons. The molecule has 0 aliphatic rings. The Bertz CT molecular complexity index is 203. The van der Waals surface area contributed by atoms with Crippen LogP contribution in [0.1, 0.15) is 19.3 Å². The van der Waals surface area contributed by atoms with E-state index in [-0.39, 0.29) is 5.91 Å². The molecule has 0 bridgehead atoms. The highest BCUT2D eigenvalue weighted by atomic mass is 16.5. The largest absolute Gasteiger partial charge is 0.385 e. The molecule has 114 valence electrons. The van der Waals surface area contributed by atoms with Gasteiger partial charge < -0.3 is 24.8 Å². The van der Waals surface area contributed by atoms with Crippen molar-refractivity contribution < 1.29 is 19.0 Å². The molecule has 0 aliphatic heterocycles. The standard InChI is InChI=1S/C13H28N2O4/c1-17-8-5-7-15-13(16)12-14-6-3-4-9-19-11-10-18-2/h14H,3-12H2,1-2H3,(H,15,16). The lowest BCUT2D eigenvalue weighted by atomic mass is 10.3. The molecule has 0 aromatic carbocycles. The number of amides is 1. The molecule has 19 heavy (non-hydrogen) atoms. The Morgan fingerprint density at radius 3 is 2.42 bits per heavy atom. The summed E-state index contributed by atoms with van der Waals surface area (Å²) in [6.07, 6.45) is 2.84. The molecule has 0 fully saturated rings. The van der Waals surface area contributed by atoms with E-state index >= 15 is 0 Å². The first-order valence-corrected chi connectivity index (χ1v) is 6.84. The summed E-state index contributed by atoms with van der Waals surface area (Å²) in [4.78, 5) is 11.4. The monoisotopic (exact) mass is 276 g/mol. The highest BCUT2D eigenvalue weighted by Crippen LogP contribution is 1.88. The van der Waals surface area contributed by atoms with Gasteiger partial charge in [0.2, 0.25) is 5.91 Å². The van der Waals surface area contributed by atoms with Gasteiger partial charge in [0.1, 0.15) is 0 Å². The zero-order valence-corrected chi connectivity index (χ0v) is 12.2. The van der Waals surface area contributed by atoms with Crippen LogP contribution >= 0.6 is 0 Å². The third kappa shape index (κ3) is 15.3. The second-order valence-electron chi connectivity index (χ2n) is 4.19. The molecule has 6 nitrogen and oxygen atoms in total. The average molecular weight is 276 g/mol. The molecule has 0 saturated carbocycles. The molecule has 6 heteroatoms. The molecule has 0 aliphatic carbocycles. The molecule has 0 heterocycles. The van der Waals surface area contributed by atoms with Crippen molar-refractivity contribution in [3.8, 4) is 0 Å². The van der Waals surface area contributed by atoms with Crippen molar-refractivity contribution in [2.24, 2.45) is 0 Å². The van der Waals surface area contributed by atoms with Crippen LogP contribution in [0.4, 0.5) is 0 Å². The maximum atomic E-state index is 11.4. The predicted molar refractivity (Wildman–Crippen MR) is 74.3 cm³/mol. The smallest absolute Gasteiger partial charge is 0.233 e. The third-order valence-corrected chi connectivity index (χ3v) is 2.46. The minimum absolute atomic E-state index is 0.0347. The van der Waals surface area contributed by atoms with Crippen molar-refractivity contribution in [2.45, 2.75) is 19.3 Å². The topological polar surface area (TPSA) is 68.8 Å². The van der Waals surface area contributed by atoms with E-state index < -0.39 is 0 Å². The number of hydrogen-bond donors (Lipinski definition) is 2. The molecule has 0 spiro atoms. The zero-order chi connectivity index (χ0) is 14.2. The zero-order valence-electron chi connectivity index (χ0n) is 12.2. The van der Waals surface area contributed by atoms with Gasteiger partial charge in [-0.25, -0.2) is 0 Å². The van der Waals surface area contributed by atoms with E-state index in [0.717, 1.165) is 32.4 Å². The Morgan fingerprint density at radius 1 is 0.895 bits per heavy atom. The Kier molecular flexibility index (Phi) is 14.8. The minimum Gasteiger partial charge on any atom is -0.385 e. The fourth-order valence-electron chi connectivity index (χ4n) is 1.41. The number of hydrogen-bond acceptors (Lipinski definition) is 5. The Labute approximate surface area is 116 Å². The summed E-state index contributed by atoms with van der Waals surface area (Å²) in [5.41, 5.74) is 0. The van der Waals surface area contributed by atoms with Crippen LogP contribution in [0, 0.1) is 0 Å². The molecule has 0 unspecified atom stereocenters. The van der Waals surface area contributed by atoms with Gasteiger partial charge in [-0.2, -0.15) is 0 Å². The van der Waals surface area contributed by atoms with Gasteiger partial charge >= 0.3 is 0 Å². The third-order valence-electron chi connectivity index (χ3n) is 2.46. The van der Waals surface area contributed by atoms with Crippen LogP contribution in [0.15, 0.2) is 0 Å². The van der Waals surface area contributed by atoms with E-state index in [1.165, 1.54) is 0 Å². The van der Waals surface area contributed by atoms with Crippen molar-refractivity contribution in [2.75, 3.05) is 60.3 Å². The van der Waals surface area contributed by atoms with Gasteiger partial charge in [0.05, 0.1) is 19.8 Å². The van der Waals surface area contributed by atoms with Crippen LogP contribution < -0.4 is 10.6 Å². The first kappa shape index (κ1) is 18.3. The summed E-state index contributed by atoms with van der Waals surface area (Å²) >= 11 is 0. The van der Waals surface area contributed by atoms with E-state index in [1.54, 1.807) is 14.2 Å². The summed E-state index contributed by atoms with van der Waals surface area (Å²) in [7, 11) is 3.32. The normalized spacial score (nSPS) is 10.6. The number of ether oxygens (including phenoxy) is 3. The summed E-state index contributed by atoms with van der Waals surface area (Å²) in [6, 6.07) is 0. The lowest BCUT2D eigenvalue weighted by Crippen LogP contribution is -2.35. The molecule has 0 aromatic heterocycles. The van der Waals surface area contributed by atoms with Crippen molar-refractivity contribution in [1.82, 2.24) is 10.6 Å². The van der Waals surface area contributed by atoms with Gasteiger partial charge in [-0.1, -0.05) is 0 Å². The number of unbranched alkanes of at least 4 members (excludes halogenated alkanes) is 1. The van der Waals surface area contributed by atoms with Crippen LogP contribution in [-0.4, -0.2) is 66.2 Å². The molecular formula is C13H28N2O4.